The van der Waals surface area contributed by atoms with Gasteiger partial charge in [0.1, 0.15) is 0 Å². The van der Waals surface area contributed by atoms with Gasteiger partial charge in [-0.1, -0.05) is 13.3 Å². The summed E-state index contributed by atoms with van der Waals surface area (Å²) in [6, 6.07) is 0. The molecule has 2 aliphatic rings. The van der Waals surface area contributed by atoms with Crippen LogP contribution in [0.3, 0.4) is 0 Å². The third kappa shape index (κ3) is 6.13. The van der Waals surface area contributed by atoms with E-state index in [1.54, 1.807) is 0 Å². The van der Waals surface area contributed by atoms with Crippen LogP contribution in [0.2, 0.25) is 0 Å². The van der Waals surface area contributed by atoms with Crippen molar-refractivity contribution in [3.63, 3.8) is 0 Å². The van der Waals surface area contributed by atoms with E-state index in [1.165, 1.54) is 12.8 Å². The van der Waals surface area contributed by atoms with Crippen molar-refractivity contribution in [2.45, 2.75) is 58.3 Å². The molecule has 2 aliphatic heterocycles. The van der Waals surface area contributed by atoms with Crippen molar-refractivity contribution >= 4 is 11.8 Å². The highest BCUT2D eigenvalue weighted by Gasteiger charge is 2.27. The summed E-state index contributed by atoms with van der Waals surface area (Å²) < 4.78 is 0. The quantitative estimate of drug-likeness (QED) is 0.704. The Balaban J connectivity index is 1.63. The molecule has 2 fully saturated rings. The van der Waals surface area contributed by atoms with E-state index in [0.29, 0.717) is 12.3 Å². The average Bonchev–Trinajstić information content (AvgIpc) is 2.61. The average molecular weight is 323 g/mol. The highest BCUT2D eigenvalue weighted by Crippen LogP contribution is 2.21. The Bertz CT molecular complexity index is 372. The second-order valence-electron chi connectivity index (χ2n) is 7.03. The van der Waals surface area contributed by atoms with Gasteiger partial charge < -0.3 is 15.5 Å². The first-order valence-corrected chi connectivity index (χ1v) is 9.47. The highest BCUT2D eigenvalue weighted by molar-refractivity contribution is 5.80. The number of hydrogen-bond donors (Lipinski definition) is 2. The van der Waals surface area contributed by atoms with Crippen LogP contribution in [0.25, 0.3) is 0 Å². The predicted molar refractivity (Wildman–Crippen MR) is 92.0 cm³/mol. The van der Waals surface area contributed by atoms with E-state index in [9.17, 15) is 9.59 Å². The topological polar surface area (TPSA) is 61.4 Å². The van der Waals surface area contributed by atoms with Crippen molar-refractivity contribution in [3.05, 3.63) is 0 Å². The number of nitrogens with zero attached hydrogens (tertiary/aromatic N) is 1. The van der Waals surface area contributed by atoms with E-state index in [1.807, 2.05) is 4.90 Å². The van der Waals surface area contributed by atoms with Crippen LogP contribution in [0, 0.1) is 11.8 Å². The molecule has 0 radical (unpaired) electrons. The Kier molecular flexibility index (Phi) is 7.86. The number of piperidine rings is 2. The summed E-state index contributed by atoms with van der Waals surface area (Å²) in [5.74, 6) is 1.27. The molecule has 2 rings (SSSR count). The minimum absolute atomic E-state index is 0.0975. The zero-order valence-corrected chi connectivity index (χ0v) is 14.6. The molecule has 2 saturated heterocycles. The molecule has 0 spiro atoms. The summed E-state index contributed by atoms with van der Waals surface area (Å²) in [6.07, 6.45) is 7.88. The van der Waals surface area contributed by atoms with E-state index >= 15 is 0 Å². The SMILES string of the molecule is CCCCNC(=O)C1CCN(C(=O)CCC2CCNCC2)CC1. The van der Waals surface area contributed by atoms with E-state index in [-0.39, 0.29) is 17.7 Å². The fourth-order valence-corrected chi connectivity index (χ4v) is 3.58. The van der Waals surface area contributed by atoms with Gasteiger partial charge in [-0.15, -0.1) is 0 Å². The van der Waals surface area contributed by atoms with Crippen LogP contribution in [0.15, 0.2) is 0 Å². The monoisotopic (exact) mass is 323 g/mol. The van der Waals surface area contributed by atoms with Gasteiger partial charge in [-0.3, -0.25) is 9.59 Å². The van der Waals surface area contributed by atoms with Gasteiger partial charge in [0.05, 0.1) is 0 Å². The van der Waals surface area contributed by atoms with E-state index in [0.717, 1.165) is 64.8 Å². The maximum absolute atomic E-state index is 12.3. The van der Waals surface area contributed by atoms with Crippen LogP contribution in [-0.4, -0.2) is 49.4 Å². The number of amides is 2. The Morgan fingerprint density at radius 2 is 1.83 bits per heavy atom. The van der Waals surface area contributed by atoms with Gasteiger partial charge in [0.25, 0.3) is 0 Å². The van der Waals surface area contributed by atoms with Gasteiger partial charge >= 0.3 is 0 Å². The van der Waals surface area contributed by atoms with Crippen LogP contribution < -0.4 is 10.6 Å². The second-order valence-corrected chi connectivity index (χ2v) is 7.03. The van der Waals surface area contributed by atoms with Gasteiger partial charge in [0.2, 0.25) is 11.8 Å². The van der Waals surface area contributed by atoms with Crippen molar-refractivity contribution in [1.29, 1.82) is 0 Å². The lowest BCUT2D eigenvalue weighted by molar-refractivity contribution is -0.135. The van der Waals surface area contributed by atoms with Gasteiger partial charge in [0, 0.05) is 32.0 Å². The van der Waals surface area contributed by atoms with Crippen LogP contribution >= 0.6 is 0 Å². The summed E-state index contributed by atoms with van der Waals surface area (Å²) in [6.45, 7) is 6.59. The van der Waals surface area contributed by atoms with Crippen molar-refractivity contribution < 1.29 is 9.59 Å². The Hall–Kier alpha value is -1.10. The summed E-state index contributed by atoms with van der Waals surface area (Å²) in [7, 11) is 0. The Labute approximate surface area is 140 Å². The maximum atomic E-state index is 12.3. The lowest BCUT2D eigenvalue weighted by Crippen LogP contribution is -2.43. The zero-order valence-electron chi connectivity index (χ0n) is 14.6. The molecule has 132 valence electrons. The van der Waals surface area contributed by atoms with Gasteiger partial charge in [0.15, 0.2) is 0 Å². The maximum Gasteiger partial charge on any atom is 0.223 e. The minimum atomic E-state index is 0.0975. The number of carbonyl (C=O) groups excluding carboxylic acids is 2. The molecule has 2 N–H and O–H groups in total. The Morgan fingerprint density at radius 3 is 2.48 bits per heavy atom. The smallest absolute Gasteiger partial charge is 0.223 e. The lowest BCUT2D eigenvalue weighted by atomic mass is 9.92. The molecule has 0 atom stereocenters. The standard InChI is InChI=1S/C18H33N3O2/c1-2-3-10-20-18(23)16-8-13-21(14-9-16)17(22)5-4-15-6-11-19-12-7-15/h15-16,19H,2-14H2,1H3,(H,20,23). The first kappa shape index (κ1) is 18.2. The summed E-state index contributed by atoms with van der Waals surface area (Å²) >= 11 is 0. The highest BCUT2D eigenvalue weighted by atomic mass is 16.2. The predicted octanol–water partition coefficient (Wildman–Crippen LogP) is 1.92. The van der Waals surface area contributed by atoms with Crippen LogP contribution in [-0.2, 0) is 9.59 Å². The van der Waals surface area contributed by atoms with Crippen molar-refractivity contribution in [2.24, 2.45) is 11.8 Å². The van der Waals surface area contributed by atoms with Crippen molar-refractivity contribution in [2.75, 3.05) is 32.7 Å². The molecule has 5 nitrogen and oxygen atoms in total. The third-order valence-corrected chi connectivity index (χ3v) is 5.27. The van der Waals surface area contributed by atoms with Crippen molar-refractivity contribution in [1.82, 2.24) is 15.5 Å². The van der Waals surface area contributed by atoms with Crippen LogP contribution in [0.4, 0.5) is 0 Å². The molecule has 5 heteroatoms. The molecule has 0 aromatic heterocycles. The molecule has 23 heavy (non-hydrogen) atoms. The molecular weight excluding hydrogens is 290 g/mol. The van der Waals surface area contributed by atoms with E-state index in [2.05, 4.69) is 17.6 Å². The minimum Gasteiger partial charge on any atom is -0.356 e. The van der Waals surface area contributed by atoms with Crippen LogP contribution in [0.1, 0.15) is 58.3 Å². The number of carbonyl (C=O) groups is 2. The number of likely N-dealkylation sites (tertiary alicyclic amines) is 1. The van der Waals surface area contributed by atoms with Gasteiger partial charge in [-0.2, -0.15) is 0 Å². The molecule has 0 aliphatic carbocycles. The molecule has 0 aromatic rings. The fraction of sp³-hybridized carbons (Fsp3) is 0.889. The van der Waals surface area contributed by atoms with Gasteiger partial charge in [-0.05, 0) is 57.5 Å². The fourth-order valence-electron chi connectivity index (χ4n) is 3.58. The summed E-state index contributed by atoms with van der Waals surface area (Å²) in [5.41, 5.74) is 0. The number of nitrogens with one attached hydrogen (secondary N) is 2. The van der Waals surface area contributed by atoms with Crippen molar-refractivity contribution in [3.8, 4) is 0 Å². The largest absolute Gasteiger partial charge is 0.356 e. The third-order valence-electron chi connectivity index (χ3n) is 5.27. The van der Waals surface area contributed by atoms with Gasteiger partial charge in [-0.25, -0.2) is 0 Å². The molecule has 0 unspecified atom stereocenters. The molecular formula is C18H33N3O2. The van der Waals surface area contributed by atoms with Crippen LogP contribution in [0.5, 0.6) is 0 Å². The molecule has 0 aromatic carbocycles. The second kappa shape index (κ2) is 9.91. The van der Waals surface area contributed by atoms with E-state index in [4.69, 9.17) is 0 Å². The summed E-state index contributed by atoms with van der Waals surface area (Å²) in [5, 5.41) is 6.38. The number of hydrogen-bond acceptors (Lipinski definition) is 3. The number of rotatable bonds is 7. The molecule has 0 saturated carbocycles. The molecule has 0 bridgehead atoms. The molecule has 2 amide bonds. The Morgan fingerprint density at radius 1 is 1.13 bits per heavy atom. The normalized spacial score (nSPS) is 20.5. The zero-order chi connectivity index (χ0) is 16.5. The first-order valence-electron chi connectivity index (χ1n) is 9.47. The van der Waals surface area contributed by atoms with E-state index < -0.39 is 0 Å². The summed E-state index contributed by atoms with van der Waals surface area (Å²) in [4.78, 5) is 26.4. The first-order chi connectivity index (χ1) is 11.2. The number of unbranched alkanes of at least 4 members (excludes halogenated alkanes) is 1. The lowest BCUT2D eigenvalue weighted by Gasteiger charge is -2.32. The molecule has 2 heterocycles.